The molecule has 3 atom stereocenters. The zero-order chi connectivity index (χ0) is 14.1. The van der Waals surface area contributed by atoms with Crippen LogP contribution in [0.25, 0.3) is 0 Å². The Kier molecular flexibility index (Phi) is 3.85. The van der Waals surface area contributed by atoms with Crippen molar-refractivity contribution in [2.24, 2.45) is 0 Å². The Labute approximate surface area is 120 Å². The van der Waals surface area contributed by atoms with Gasteiger partial charge in [0.2, 0.25) is 0 Å². The van der Waals surface area contributed by atoms with E-state index in [1.807, 2.05) is 6.07 Å². The van der Waals surface area contributed by atoms with Crippen LogP contribution in [-0.2, 0) is 0 Å². The molecule has 0 amide bonds. The van der Waals surface area contributed by atoms with Gasteiger partial charge in [0.25, 0.3) is 0 Å². The van der Waals surface area contributed by atoms with E-state index in [0.717, 1.165) is 31.7 Å². The lowest BCUT2D eigenvalue weighted by Crippen LogP contribution is -2.57. The maximum Gasteiger partial charge on any atom is 0.127 e. The lowest BCUT2D eigenvalue weighted by molar-refractivity contribution is 0.0655. The van der Waals surface area contributed by atoms with E-state index >= 15 is 0 Å². The van der Waals surface area contributed by atoms with Crippen LogP contribution in [0, 0.1) is 0 Å². The number of hydrogen-bond donors (Lipinski definition) is 2. The summed E-state index contributed by atoms with van der Waals surface area (Å²) in [5, 5.41) is 13.2. The van der Waals surface area contributed by atoms with Gasteiger partial charge in [-0.3, -0.25) is 4.90 Å². The van der Waals surface area contributed by atoms with Crippen LogP contribution in [0.15, 0.2) is 18.2 Å². The van der Waals surface area contributed by atoms with E-state index in [4.69, 9.17) is 4.74 Å². The first-order chi connectivity index (χ1) is 9.72. The Bertz CT molecular complexity index is 478. The molecule has 0 spiro atoms. The van der Waals surface area contributed by atoms with E-state index in [-0.39, 0.29) is 5.75 Å². The van der Waals surface area contributed by atoms with E-state index in [1.165, 1.54) is 5.56 Å². The Morgan fingerprint density at radius 2 is 2.20 bits per heavy atom. The number of ether oxygens (including phenoxy) is 1. The lowest BCUT2D eigenvalue weighted by Gasteiger charge is -2.43. The van der Waals surface area contributed by atoms with Crippen molar-refractivity contribution in [3.63, 3.8) is 0 Å². The molecule has 1 aromatic carbocycles. The molecule has 2 heterocycles. The van der Waals surface area contributed by atoms with Gasteiger partial charge in [-0.05, 0) is 25.0 Å². The second-order valence-corrected chi connectivity index (χ2v) is 5.82. The van der Waals surface area contributed by atoms with Gasteiger partial charge in [0.1, 0.15) is 18.1 Å². The van der Waals surface area contributed by atoms with Gasteiger partial charge < -0.3 is 15.2 Å². The summed E-state index contributed by atoms with van der Waals surface area (Å²) in [5.41, 5.74) is 1.22. The smallest absolute Gasteiger partial charge is 0.127 e. The lowest BCUT2D eigenvalue weighted by atomic mass is 9.99. The van der Waals surface area contributed by atoms with Gasteiger partial charge in [0.05, 0.1) is 6.04 Å². The average molecular weight is 276 g/mol. The van der Waals surface area contributed by atoms with Crippen molar-refractivity contribution in [3.05, 3.63) is 23.8 Å². The van der Waals surface area contributed by atoms with Crippen LogP contribution < -0.4 is 10.1 Å². The normalized spacial score (nSPS) is 30.0. The highest BCUT2D eigenvalue weighted by Crippen LogP contribution is 2.39. The fourth-order valence-corrected chi connectivity index (χ4v) is 3.38. The third kappa shape index (κ3) is 2.38. The summed E-state index contributed by atoms with van der Waals surface area (Å²) in [4.78, 5) is 2.59. The van der Waals surface area contributed by atoms with E-state index < -0.39 is 0 Å². The van der Waals surface area contributed by atoms with Crippen LogP contribution >= 0.6 is 0 Å². The zero-order valence-corrected chi connectivity index (χ0v) is 12.3. The number of rotatable bonds is 3. The zero-order valence-electron chi connectivity index (χ0n) is 12.3. The van der Waals surface area contributed by atoms with Gasteiger partial charge in [-0.1, -0.05) is 13.8 Å². The van der Waals surface area contributed by atoms with Gasteiger partial charge in [0, 0.05) is 36.8 Å². The van der Waals surface area contributed by atoms with Crippen LogP contribution in [-0.4, -0.2) is 41.8 Å². The minimum absolute atomic E-state index is 0.281. The van der Waals surface area contributed by atoms with Crippen molar-refractivity contribution in [2.75, 3.05) is 19.7 Å². The largest absolute Gasteiger partial charge is 0.508 e. The summed E-state index contributed by atoms with van der Waals surface area (Å²) in [6.07, 6.45) is 2.30. The molecule has 1 aromatic rings. The molecule has 3 rings (SSSR count). The molecule has 0 saturated carbocycles. The first-order valence-electron chi connectivity index (χ1n) is 7.67. The molecule has 0 aliphatic carbocycles. The number of nitrogens with zero attached hydrogens (tertiary/aromatic N) is 1. The van der Waals surface area contributed by atoms with Gasteiger partial charge in [-0.15, -0.1) is 0 Å². The summed E-state index contributed by atoms with van der Waals surface area (Å²) in [6, 6.07) is 6.96. The fraction of sp³-hybridized carbons (Fsp3) is 0.625. The predicted molar refractivity (Wildman–Crippen MR) is 79.2 cm³/mol. The highest BCUT2D eigenvalue weighted by Gasteiger charge is 2.36. The molecule has 4 heteroatoms. The molecule has 2 aliphatic heterocycles. The second kappa shape index (κ2) is 5.62. The Hall–Kier alpha value is -1.26. The first kappa shape index (κ1) is 13.7. The van der Waals surface area contributed by atoms with Crippen LogP contribution in [0.5, 0.6) is 11.5 Å². The molecule has 2 N–H and O–H groups in total. The molecular weight excluding hydrogens is 252 g/mol. The molecule has 20 heavy (non-hydrogen) atoms. The molecule has 110 valence electrons. The van der Waals surface area contributed by atoms with E-state index in [2.05, 4.69) is 24.1 Å². The Morgan fingerprint density at radius 1 is 1.35 bits per heavy atom. The third-order valence-electron chi connectivity index (χ3n) is 4.66. The average Bonchev–Trinajstić information content (AvgIpc) is 2.89. The topological polar surface area (TPSA) is 44.7 Å². The second-order valence-electron chi connectivity index (χ2n) is 5.82. The van der Waals surface area contributed by atoms with Crippen molar-refractivity contribution in [2.45, 2.75) is 44.8 Å². The molecule has 1 fully saturated rings. The van der Waals surface area contributed by atoms with Crippen molar-refractivity contribution in [1.29, 1.82) is 0 Å². The molecule has 3 unspecified atom stereocenters. The summed E-state index contributed by atoms with van der Waals surface area (Å²) >= 11 is 0. The van der Waals surface area contributed by atoms with Crippen molar-refractivity contribution in [1.82, 2.24) is 10.2 Å². The molecule has 0 aromatic heterocycles. The number of phenolic OH excluding ortho intramolecular Hbond substituents is 1. The fourth-order valence-electron chi connectivity index (χ4n) is 3.38. The van der Waals surface area contributed by atoms with Gasteiger partial charge in [-0.25, -0.2) is 0 Å². The minimum Gasteiger partial charge on any atom is -0.508 e. The number of benzene rings is 1. The molecule has 4 nitrogen and oxygen atoms in total. The number of aromatic hydroxyl groups is 1. The highest BCUT2D eigenvalue weighted by molar-refractivity contribution is 5.44. The standard InChI is InChI=1S/C16H24N2O2/c1-3-11-9-18(12(4-2)8-17-11)15-10-20-16-7-13(19)5-6-14(15)16/h5-7,11-12,15,17,19H,3-4,8-10H2,1-2H3. The van der Waals surface area contributed by atoms with E-state index in [0.29, 0.717) is 24.7 Å². The number of piperazine rings is 1. The maximum atomic E-state index is 9.57. The van der Waals surface area contributed by atoms with Crippen LogP contribution in [0.1, 0.15) is 38.3 Å². The number of hydrogen-bond acceptors (Lipinski definition) is 4. The van der Waals surface area contributed by atoms with E-state index in [1.54, 1.807) is 12.1 Å². The van der Waals surface area contributed by atoms with Crippen LogP contribution in [0.2, 0.25) is 0 Å². The summed E-state index contributed by atoms with van der Waals surface area (Å²) < 4.78 is 5.78. The minimum atomic E-state index is 0.281. The highest BCUT2D eigenvalue weighted by atomic mass is 16.5. The SMILES string of the molecule is CCC1CN(C2COc3cc(O)ccc32)C(CC)CN1. The monoisotopic (exact) mass is 276 g/mol. The molecule has 0 radical (unpaired) electrons. The number of nitrogens with one attached hydrogen (secondary N) is 1. The van der Waals surface area contributed by atoms with Crippen molar-refractivity contribution < 1.29 is 9.84 Å². The molecular formula is C16H24N2O2. The maximum absolute atomic E-state index is 9.57. The quantitative estimate of drug-likeness (QED) is 0.889. The van der Waals surface area contributed by atoms with Gasteiger partial charge in [-0.2, -0.15) is 0 Å². The summed E-state index contributed by atoms with van der Waals surface area (Å²) in [7, 11) is 0. The Balaban J connectivity index is 1.85. The molecule has 0 bridgehead atoms. The van der Waals surface area contributed by atoms with Gasteiger partial charge >= 0.3 is 0 Å². The van der Waals surface area contributed by atoms with Crippen LogP contribution in [0.3, 0.4) is 0 Å². The predicted octanol–water partition coefficient (Wildman–Crippen LogP) is 2.29. The molecule has 2 aliphatic rings. The number of phenols is 1. The number of fused-ring (bicyclic) bond motifs is 1. The van der Waals surface area contributed by atoms with Crippen LogP contribution in [0.4, 0.5) is 0 Å². The first-order valence-corrected chi connectivity index (χ1v) is 7.67. The van der Waals surface area contributed by atoms with E-state index in [9.17, 15) is 5.11 Å². The third-order valence-corrected chi connectivity index (χ3v) is 4.66. The van der Waals surface area contributed by atoms with Crippen molar-refractivity contribution in [3.8, 4) is 11.5 Å². The van der Waals surface area contributed by atoms with Crippen molar-refractivity contribution >= 4 is 0 Å². The summed E-state index contributed by atoms with van der Waals surface area (Å²) in [6.45, 7) is 7.31. The summed E-state index contributed by atoms with van der Waals surface area (Å²) in [5.74, 6) is 1.12. The Morgan fingerprint density at radius 3 is 2.95 bits per heavy atom. The van der Waals surface area contributed by atoms with Gasteiger partial charge in [0.15, 0.2) is 0 Å². The molecule has 1 saturated heterocycles.